The van der Waals surface area contributed by atoms with Gasteiger partial charge in [0.25, 0.3) is 0 Å². The number of carbonyl (C=O) groups is 1. The zero-order valence-electron chi connectivity index (χ0n) is 14.6. The Morgan fingerprint density at radius 1 is 1.43 bits per heavy atom. The van der Waals surface area contributed by atoms with Gasteiger partial charge in [0, 0.05) is 11.3 Å². The standard InChI is InChI=1S/C19H27NO3/c1-5-23-18(22)16-12(4)15-13(20-17(16)11(2)3)9-19(7-6-8-19)10-14(15)21/h11,14,21H,5-10H2,1-4H3. The lowest BCUT2D eigenvalue weighted by molar-refractivity contribution is 0.0238. The Kier molecular flexibility index (Phi) is 4.21. The topological polar surface area (TPSA) is 59.4 Å². The lowest BCUT2D eigenvalue weighted by Gasteiger charge is -2.47. The van der Waals surface area contributed by atoms with Crippen molar-refractivity contribution < 1.29 is 14.6 Å². The highest BCUT2D eigenvalue weighted by Gasteiger charge is 2.45. The van der Waals surface area contributed by atoms with E-state index in [1.807, 2.05) is 13.8 Å². The van der Waals surface area contributed by atoms with Gasteiger partial charge in [-0.05, 0) is 56.4 Å². The van der Waals surface area contributed by atoms with Gasteiger partial charge in [-0.3, -0.25) is 4.98 Å². The van der Waals surface area contributed by atoms with Crippen LogP contribution in [-0.4, -0.2) is 22.7 Å². The Morgan fingerprint density at radius 3 is 2.65 bits per heavy atom. The summed E-state index contributed by atoms with van der Waals surface area (Å²) in [5, 5.41) is 10.7. The Bertz CT molecular complexity index is 632. The Morgan fingerprint density at radius 2 is 2.13 bits per heavy atom. The van der Waals surface area contributed by atoms with Crippen molar-refractivity contribution >= 4 is 5.97 Å². The number of rotatable bonds is 3. The summed E-state index contributed by atoms with van der Waals surface area (Å²) in [6.45, 7) is 8.19. The number of nitrogens with zero attached hydrogens (tertiary/aromatic N) is 1. The number of pyridine rings is 1. The maximum Gasteiger partial charge on any atom is 0.340 e. The number of aromatic nitrogens is 1. The highest BCUT2D eigenvalue weighted by molar-refractivity contribution is 5.93. The molecule has 0 saturated heterocycles. The largest absolute Gasteiger partial charge is 0.462 e. The summed E-state index contributed by atoms with van der Waals surface area (Å²) in [4.78, 5) is 17.3. The second-order valence-corrected chi connectivity index (χ2v) is 7.48. The fraction of sp³-hybridized carbons (Fsp3) is 0.684. The van der Waals surface area contributed by atoms with E-state index in [4.69, 9.17) is 9.72 Å². The molecule has 0 aliphatic heterocycles. The van der Waals surface area contributed by atoms with Gasteiger partial charge < -0.3 is 9.84 Å². The molecule has 1 aromatic rings. The summed E-state index contributed by atoms with van der Waals surface area (Å²) in [5.41, 5.74) is 4.34. The number of ether oxygens (including phenoxy) is 1. The van der Waals surface area contributed by atoms with Crippen LogP contribution in [0.2, 0.25) is 0 Å². The molecule has 1 atom stereocenters. The van der Waals surface area contributed by atoms with Crippen LogP contribution in [-0.2, 0) is 11.2 Å². The average molecular weight is 317 g/mol. The Labute approximate surface area is 138 Å². The molecule has 1 saturated carbocycles. The summed E-state index contributed by atoms with van der Waals surface area (Å²) in [6.07, 6.45) is 4.83. The van der Waals surface area contributed by atoms with Crippen LogP contribution in [0.1, 0.15) is 91.3 Å². The molecule has 4 nitrogen and oxygen atoms in total. The Hall–Kier alpha value is -1.42. The second kappa shape index (κ2) is 5.90. The first-order chi connectivity index (χ1) is 10.9. The molecule has 1 spiro atoms. The molecule has 1 N–H and O–H groups in total. The molecule has 3 rings (SSSR count). The number of hydrogen-bond acceptors (Lipinski definition) is 4. The van der Waals surface area contributed by atoms with Crippen LogP contribution in [0.5, 0.6) is 0 Å². The summed E-state index contributed by atoms with van der Waals surface area (Å²) in [7, 11) is 0. The van der Waals surface area contributed by atoms with Gasteiger partial charge in [0.15, 0.2) is 0 Å². The summed E-state index contributed by atoms with van der Waals surface area (Å²) >= 11 is 0. The summed E-state index contributed by atoms with van der Waals surface area (Å²) < 4.78 is 5.24. The van der Waals surface area contributed by atoms with Crippen LogP contribution in [0.4, 0.5) is 0 Å². The zero-order valence-corrected chi connectivity index (χ0v) is 14.6. The molecular weight excluding hydrogens is 290 g/mol. The summed E-state index contributed by atoms with van der Waals surface area (Å²) in [6, 6.07) is 0. The molecule has 1 unspecified atom stereocenters. The second-order valence-electron chi connectivity index (χ2n) is 7.48. The van der Waals surface area contributed by atoms with Crippen molar-refractivity contribution in [1.82, 2.24) is 4.98 Å². The van der Waals surface area contributed by atoms with Crippen LogP contribution in [0.15, 0.2) is 0 Å². The number of carbonyl (C=O) groups excluding carboxylic acids is 1. The smallest absolute Gasteiger partial charge is 0.340 e. The normalized spacial score (nSPS) is 21.9. The molecule has 0 radical (unpaired) electrons. The first-order valence-electron chi connectivity index (χ1n) is 8.77. The maximum atomic E-state index is 12.4. The van der Waals surface area contributed by atoms with Crippen LogP contribution >= 0.6 is 0 Å². The third-order valence-corrected chi connectivity index (χ3v) is 5.54. The van der Waals surface area contributed by atoms with Crippen LogP contribution in [0.3, 0.4) is 0 Å². The van der Waals surface area contributed by atoms with E-state index in [-0.39, 0.29) is 17.3 Å². The lowest BCUT2D eigenvalue weighted by atomic mass is 9.59. The van der Waals surface area contributed by atoms with Gasteiger partial charge in [-0.15, -0.1) is 0 Å². The van der Waals surface area contributed by atoms with E-state index >= 15 is 0 Å². The van der Waals surface area contributed by atoms with Crippen LogP contribution in [0, 0.1) is 12.3 Å². The van der Waals surface area contributed by atoms with Gasteiger partial charge >= 0.3 is 5.97 Å². The van der Waals surface area contributed by atoms with Gasteiger partial charge in [-0.25, -0.2) is 4.79 Å². The molecule has 4 heteroatoms. The van der Waals surface area contributed by atoms with E-state index in [0.29, 0.717) is 12.2 Å². The van der Waals surface area contributed by atoms with Crippen molar-refractivity contribution in [2.75, 3.05) is 6.61 Å². The van der Waals surface area contributed by atoms with Gasteiger partial charge in [-0.1, -0.05) is 20.3 Å². The van der Waals surface area contributed by atoms with Crippen molar-refractivity contribution in [3.8, 4) is 0 Å². The van der Waals surface area contributed by atoms with Gasteiger partial charge in [0.05, 0.1) is 24.0 Å². The fourth-order valence-electron chi connectivity index (χ4n) is 4.26. The fourth-order valence-corrected chi connectivity index (χ4v) is 4.26. The number of fused-ring (bicyclic) bond motifs is 1. The van der Waals surface area contributed by atoms with E-state index in [0.717, 1.165) is 35.4 Å². The summed E-state index contributed by atoms with van der Waals surface area (Å²) in [5.74, 6) is -0.171. The first-order valence-corrected chi connectivity index (χ1v) is 8.77. The Balaban J connectivity index is 2.13. The van der Waals surface area contributed by atoms with Crippen LogP contribution < -0.4 is 0 Å². The molecule has 2 aliphatic rings. The maximum absolute atomic E-state index is 12.4. The highest BCUT2D eigenvalue weighted by atomic mass is 16.5. The van der Waals surface area contributed by atoms with E-state index in [1.165, 1.54) is 19.3 Å². The van der Waals surface area contributed by atoms with E-state index in [9.17, 15) is 9.90 Å². The number of aliphatic hydroxyl groups is 1. The van der Waals surface area contributed by atoms with Crippen molar-refractivity contribution in [1.29, 1.82) is 0 Å². The quantitative estimate of drug-likeness (QED) is 0.861. The van der Waals surface area contributed by atoms with Crippen molar-refractivity contribution in [3.63, 3.8) is 0 Å². The van der Waals surface area contributed by atoms with Crippen molar-refractivity contribution in [2.45, 2.75) is 71.8 Å². The highest BCUT2D eigenvalue weighted by Crippen LogP contribution is 2.53. The van der Waals surface area contributed by atoms with E-state index in [1.54, 1.807) is 0 Å². The minimum Gasteiger partial charge on any atom is -0.462 e. The van der Waals surface area contributed by atoms with Crippen molar-refractivity contribution in [2.24, 2.45) is 5.41 Å². The van der Waals surface area contributed by atoms with E-state index in [2.05, 4.69) is 13.8 Å². The SMILES string of the molecule is CCOC(=O)c1c(C(C)C)nc2c(c1C)C(O)CC1(CCC1)C2. The number of aliphatic hydroxyl groups excluding tert-OH is 1. The van der Waals surface area contributed by atoms with Crippen LogP contribution in [0.25, 0.3) is 0 Å². The van der Waals surface area contributed by atoms with Gasteiger partial charge in [0.2, 0.25) is 0 Å². The molecule has 0 aromatic carbocycles. The zero-order chi connectivity index (χ0) is 16.8. The first kappa shape index (κ1) is 16.4. The minimum atomic E-state index is -0.513. The molecule has 126 valence electrons. The number of esters is 1. The minimum absolute atomic E-state index is 0.148. The van der Waals surface area contributed by atoms with Gasteiger partial charge in [-0.2, -0.15) is 0 Å². The molecule has 1 heterocycles. The monoisotopic (exact) mass is 317 g/mol. The third kappa shape index (κ3) is 2.67. The van der Waals surface area contributed by atoms with Gasteiger partial charge in [0.1, 0.15) is 0 Å². The third-order valence-electron chi connectivity index (χ3n) is 5.54. The molecule has 0 bridgehead atoms. The number of hydrogen-bond donors (Lipinski definition) is 1. The lowest BCUT2D eigenvalue weighted by Crippen LogP contribution is -2.38. The molecule has 2 aliphatic carbocycles. The predicted molar refractivity (Wildman–Crippen MR) is 88.6 cm³/mol. The van der Waals surface area contributed by atoms with Crippen molar-refractivity contribution in [3.05, 3.63) is 28.1 Å². The molecule has 1 fully saturated rings. The molecule has 23 heavy (non-hydrogen) atoms. The molecule has 0 amide bonds. The predicted octanol–water partition coefficient (Wildman–Crippen LogP) is 3.84. The van der Waals surface area contributed by atoms with E-state index < -0.39 is 6.10 Å². The molecule has 1 aromatic heterocycles. The molecular formula is C19H27NO3. The average Bonchev–Trinajstić information content (AvgIpc) is 2.44.